The van der Waals surface area contributed by atoms with E-state index in [0.29, 0.717) is 17.1 Å². The van der Waals surface area contributed by atoms with Gasteiger partial charge in [-0.25, -0.2) is 9.78 Å². The summed E-state index contributed by atoms with van der Waals surface area (Å²) in [5.41, 5.74) is 3.30. The van der Waals surface area contributed by atoms with Gasteiger partial charge in [0.2, 0.25) is 0 Å². The van der Waals surface area contributed by atoms with Gasteiger partial charge in [-0.2, -0.15) is 0 Å². The summed E-state index contributed by atoms with van der Waals surface area (Å²) in [4.78, 5) is 27.7. The number of hydrogen-bond acceptors (Lipinski definition) is 4. The van der Waals surface area contributed by atoms with E-state index < -0.39 is 6.09 Å². The number of hydrogen-bond donors (Lipinski definition) is 2. The Bertz CT molecular complexity index is 900. The van der Waals surface area contributed by atoms with Gasteiger partial charge in [0.15, 0.2) is 0 Å². The van der Waals surface area contributed by atoms with Crippen LogP contribution in [-0.4, -0.2) is 28.5 Å². The van der Waals surface area contributed by atoms with Gasteiger partial charge in [0, 0.05) is 23.8 Å². The van der Waals surface area contributed by atoms with Gasteiger partial charge in [-0.1, -0.05) is 0 Å². The molecule has 0 bridgehead atoms. The lowest BCUT2D eigenvalue weighted by Crippen LogP contribution is -2.13. The Kier molecular flexibility index (Phi) is 4.15. The summed E-state index contributed by atoms with van der Waals surface area (Å²) >= 11 is 0. The molecule has 0 atom stereocenters. The Labute approximate surface area is 138 Å². The number of carbonyl (C=O) groups is 2. The molecule has 0 aliphatic rings. The predicted octanol–water partition coefficient (Wildman–Crippen LogP) is 3.07. The van der Waals surface area contributed by atoms with E-state index in [1.165, 1.54) is 7.11 Å². The van der Waals surface area contributed by atoms with Crippen LogP contribution in [0.3, 0.4) is 0 Å². The van der Waals surface area contributed by atoms with Crippen molar-refractivity contribution in [1.82, 2.24) is 9.38 Å². The van der Waals surface area contributed by atoms with Gasteiger partial charge in [-0.3, -0.25) is 10.1 Å². The van der Waals surface area contributed by atoms with Crippen molar-refractivity contribution in [2.24, 2.45) is 0 Å². The third kappa shape index (κ3) is 3.35. The number of aromatic nitrogens is 2. The first-order valence-corrected chi connectivity index (χ1v) is 7.27. The number of imidazole rings is 1. The highest BCUT2D eigenvalue weighted by Crippen LogP contribution is 2.15. The van der Waals surface area contributed by atoms with Gasteiger partial charge in [-0.15, -0.1) is 0 Å². The molecule has 3 aromatic rings. The molecule has 0 fully saturated rings. The molecule has 0 spiro atoms. The molecule has 0 unspecified atom stereocenters. The number of benzene rings is 1. The van der Waals surface area contributed by atoms with Crippen molar-refractivity contribution < 1.29 is 14.3 Å². The number of amides is 2. The quantitative estimate of drug-likeness (QED) is 0.775. The zero-order valence-electron chi connectivity index (χ0n) is 13.2. The number of nitrogens with zero attached hydrogens (tertiary/aromatic N) is 2. The Hall–Kier alpha value is -3.35. The van der Waals surface area contributed by atoms with Crippen LogP contribution in [0, 0.1) is 6.92 Å². The molecule has 7 nitrogen and oxygen atoms in total. The summed E-state index contributed by atoms with van der Waals surface area (Å²) in [6.07, 6.45) is 2.99. The minimum atomic E-state index is -0.549. The Balaban J connectivity index is 1.72. The highest BCUT2D eigenvalue weighted by atomic mass is 16.5. The maximum Gasteiger partial charge on any atom is 0.411 e. The summed E-state index contributed by atoms with van der Waals surface area (Å²) in [5, 5.41) is 5.31. The lowest BCUT2D eigenvalue weighted by molar-refractivity contribution is 0.102. The SMILES string of the molecule is COC(=O)Nc1ccc(NC(=O)c2cn3ccc(C)cc3n2)cc1. The molecule has 7 heteroatoms. The van der Waals surface area contributed by atoms with E-state index in [-0.39, 0.29) is 5.91 Å². The van der Waals surface area contributed by atoms with Crippen LogP contribution < -0.4 is 10.6 Å². The van der Waals surface area contributed by atoms with E-state index in [0.717, 1.165) is 11.2 Å². The standard InChI is InChI=1S/C17H16N4O3/c1-11-7-8-21-10-14(20-15(21)9-11)16(22)18-12-3-5-13(6-4-12)19-17(23)24-2/h3-10H,1-2H3,(H,18,22)(H,19,23). The largest absolute Gasteiger partial charge is 0.453 e. The zero-order chi connectivity index (χ0) is 17.1. The number of nitrogens with one attached hydrogen (secondary N) is 2. The fourth-order valence-corrected chi connectivity index (χ4v) is 2.19. The molecular weight excluding hydrogens is 308 g/mol. The molecule has 2 N–H and O–H groups in total. The van der Waals surface area contributed by atoms with Crippen LogP contribution in [0.25, 0.3) is 5.65 Å². The third-order valence-corrected chi connectivity index (χ3v) is 3.42. The number of anilines is 2. The summed E-state index contributed by atoms with van der Waals surface area (Å²) in [5.74, 6) is -0.301. The van der Waals surface area contributed by atoms with Crippen molar-refractivity contribution in [1.29, 1.82) is 0 Å². The number of rotatable bonds is 3. The topological polar surface area (TPSA) is 84.7 Å². The Morgan fingerprint density at radius 3 is 2.42 bits per heavy atom. The Morgan fingerprint density at radius 2 is 1.75 bits per heavy atom. The van der Waals surface area contributed by atoms with Crippen molar-refractivity contribution >= 4 is 29.0 Å². The molecule has 2 amide bonds. The Morgan fingerprint density at radius 1 is 1.08 bits per heavy atom. The lowest BCUT2D eigenvalue weighted by Gasteiger charge is -2.06. The predicted molar refractivity (Wildman–Crippen MR) is 90.4 cm³/mol. The molecule has 3 rings (SSSR count). The van der Waals surface area contributed by atoms with Gasteiger partial charge < -0.3 is 14.5 Å². The van der Waals surface area contributed by atoms with E-state index >= 15 is 0 Å². The molecule has 1 aromatic carbocycles. The second-order valence-corrected chi connectivity index (χ2v) is 5.24. The minimum absolute atomic E-state index is 0.301. The van der Waals surface area contributed by atoms with Gasteiger partial charge >= 0.3 is 6.09 Å². The van der Waals surface area contributed by atoms with Crippen LogP contribution >= 0.6 is 0 Å². The number of ether oxygens (including phenoxy) is 1. The van der Waals surface area contributed by atoms with Crippen LogP contribution in [0.15, 0.2) is 48.8 Å². The maximum atomic E-state index is 12.3. The van der Waals surface area contributed by atoms with Crippen molar-refractivity contribution in [2.75, 3.05) is 17.7 Å². The van der Waals surface area contributed by atoms with Gasteiger partial charge in [0.25, 0.3) is 5.91 Å². The molecule has 0 aliphatic carbocycles. The first-order chi connectivity index (χ1) is 11.5. The van der Waals surface area contributed by atoms with E-state index in [4.69, 9.17) is 0 Å². The van der Waals surface area contributed by atoms with Gasteiger partial charge in [0.05, 0.1) is 7.11 Å². The fourth-order valence-electron chi connectivity index (χ4n) is 2.19. The van der Waals surface area contributed by atoms with Crippen LogP contribution in [0.5, 0.6) is 0 Å². The molecule has 0 saturated heterocycles. The molecule has 2 aromatic heterocycles. The van der Waals surface area contributed by atoms with Crippen molar-refractivity contribution in [2.45, 2.75) is 6.92 Å². The van der Waals surface area contributed by atoms with E-state index in [2.05, 4.69) is 20.4 Å². The zero-order valence-corrected chi connectivity index (χ0v) is 13.2. The summed E-state index contributed by atoms with van der Waals surface area (Å²) in [7, 11) is 1.29. The van der Waals surface area contributed by atoms with Crippen LogP contribution in [0.2, 0.25) is 0 Å². The minimum Gasteiger partial charge on any atom is -0.453 e. The summed E-state index contributed by atoms with van der Waals surface area (Å²) in [6, 6.07) is 10.6. The smallest absolute Gasteiger partial charge is 0.411 e. The molecule has 24 heavy (non-hydrogen) atoms. The second kappa shape index (κ2) is 6.41. The van der Waals surface area contributed by atoms with E-state index in [9.17, 15) is 9.59 Å². The van der Waals surface area contributed by atoms with Crippen LogP contribution in [0.1, 0.15) is 16.1 Å². The normalized spacial score (nSPS) is 10.4. The molecule has 0 aliphatic heterocycles. The first-order valence-electron chi connectivity index (χ1n) is 7.27. The second-order valence-electron chi connectivity index (χ2n) is 5.24. The monoisotopic (exact) mass is 324 g/mol. The maximum absolute atomic E-state index is 12.3. The van der Waals surface area contributed by atoms with E-state index in [1.807, 2.05) is 25.3 Å². The van der Waals surface area contributed by atoms with Crippen LogP contribution in [0.4, 0.5) is 16.2 Å². The van der Waals surface area contributed by atoms with E-state index in [1.54, 1.807) is 34.9 Å². The molecule has 0 radical (unpaired) electrons. The summed E-state index contributed by atoms with van der Waals surface area (Å²) < 4.78 is 6.31. The lowest BCUT2D eigenvalue weighted by atomic mass is 10.2. The van der Waals surface area contributed by atoms with Gasteiger partial charge in [0.1, 0.15) is 11.3 Å². The van der Waals surface area contributed by atoms with Crippen molar-refractivity contribution in [3.05, 3.63) is 60.0 Å². The van der Waals surface area contributed by atoms with Gasteiger partial charge in [-0.05, 0) is 48.9 Å². The molecular formula is C17H16N4O3. The third-order valence-electron chi connectivity index (χ3n) is 3.42. The first kappa shape index (κ1) is 15.5. The average Bonchev–Trinajstić information content (AvgIpc) is 2.99. The number of aryl methyl sites for hydroxylation is 1. The van der Waals surface area contributed by atoms with Crippen LogP contribution in [-0.2, 0) is 4.74 Å². The number of fused-ring (bicyclic) bond motifs is 1. The highest BCUT2D eigenvalue weighted by molar-refractivity contribution is 6.03. The van der Waals surface area contributed by atoms with Crippen molar-refractivity contribution in [3.8, 4) is 0 Å². The molecule has 2 heterocycles. The average molecular weight is 324 g/mol. The number of methoxy groups -OCH3 is 1. The number of carbonyl (C=O) groups excluding carboxylic acids is 2. The molecule has 122 valence electrons. The summed E-state index contributed by atoms with van der Waals surface area (Å²) in [6.45, 7) is 1.97. The van der Waals surface area contributed by atoms with Crippen molar-refractivity contribution in [3.63, 3.8) is 0 Å². The highest BCUT2D eigenvalue weighted by Gasteiger charge is 2.11. The number of pyridine rings is 1. The molecule has 0 saturated carbocycles. The fraction of sp³-hybridized carbons (Fsp3) is 0.118.